The Morgan fingerprint density at radius 2 is 2.00 bits per heavy atom. The summed E-state index contributed by atoms with van der Waals surface area (Å²) in [7, 11) is 0. The fraction of sp³-hybridized carbons (Fsp3) is 0.458. The highest BCUT2D eigenvalue weighted by atomic mass is 35.8. The van der Waals surface area contributed by atoms with Crippen LogP contribution in [0.1, 0.15) is 56.6 Å². The van der Waals surface area contributed by atoms with Gasteiger partial charge in [-0.25, -0.2) is 0 Å². The maximum absolute atomic E-state index is 12.7. The minimum Gasteiger partial charge on any atom is -0.375 e. The van der Waals surface area contributed by atoms with Crippen LogP contribution in [0.25, 0.3) is 6.08 Å². The molecule has 168 valence electrons. The molecule has 1 aromatic carbocycles. The molecule has 0 bridgehead atoms. The van der Waals surface area contributed by atoms with E-state index in [0.717, 1.165) is 44.1 Å². The smallest absolute Gasteiger partial charge is 0.375 e. The van der Waals surface area contributed by atoms with Crippen LogP contribution >= 0.6 is 33.2 Å². The molecule has 0 saturated carbocycles. The zero-order valence-electron chi connectivity index (χ0n) is 17.8. The monoisotopic (exact) mass is 498 g/mol. The molecule has 2 unspecified atom stereocenters. The van der Waals surface area contributed by atoms with Crippen LogP contribution in [-0.4, -0.2) is 30.3 Å². The van der Waals surface area contributed by atoms with E-state index in [-0.39, 0.29) is 11.9 Å². The van der Waals surface area contributed by atoms with Crippen molar-refractivity contribution >= 4 is 51.3 Å². The van der Waals surface area contributed by atoms with E-state index in [1.54, 1.807) is 6.08 Å². The van der Waals surface area contributed by atoms with E-state index >= 15 is 0 Å². The average Bonchev–Trinajstić information content (AvgIpc) is 2.73. The van der Waals surface area contributed by atoms with Gasteiger partial charge in [0.2, 0.25) is 0 Å². The molecule has 0 aromatic heterocycles. The number of hydrogen-bond donors (Lipinski definition) is 0. The molecular formula is C24H29Cl3O3Si. The molecule has 31 heavy (non-hydrogen) atoms. The number of ether oxygens (including phenoxy) is 1. The minimum atomic E-state index is -3.29. The first kappa shape index (κ1) is 24.8. The van der Waals surface area contributed by atoms with Crippen molar-refractivity contribution in [3.63, 3.8) is 0 Å². The normalized spacial score (nSPS) is 24.8. The van der Waals surface area contributed by atoms with Crippen LogP contribution < -0.4 is 0 Å². The van der Waals surface area contributed by atoms with Gasteiger partial charge in [-0.2, -0.15) is 0 Å². The maximum atomic E-state index is 12.7. The van der Waals surface area contributed by atoms with E-state index in [2.05, 4.69) is 19.1 Å². The van der Waals surface area contributed by atoms with E-state index in [0.29, 0.717) is 18.6 Å². The van der Waals surface area contributed by atoms with Gasteiger partial charge in [-0.05, 0) is 42.5 Å². The van der Waals surface area contributed by atoms with E-state index in [4.69, 9.17) is 42.4 Å². The Morgan fingerprint density at radius 1 is 1.23 bits per heavy atom. The molecule has 0 amide bonds. The lowest BCUT2D eigenvalue weighted by Gasteiger charge is -2.41. The summed E-state index contributed by atoms with van der Waals surface area (Å²) in [6, 6.07) is 8.30. The highest BCUT2D eigenvalue weighted by Crippen LogP contribution is 2.38. The molecule has 2 aliphatic rings. The van der Waals surface area contributed by atoms with Gasteiger partial charge >= 0.3 is 6.25 Å². The molecule has 7 heteroatoms. The topological polar surface area (TPSA) is 35.5 Å². The molecule has 3 rings (SSSR count). The predicted octanol–water partition coefficient (Wildman–Crippen LogP) is 6.97. The molecule has 2 atom stereocenters. The molecule has 1 heterocycles. The summed E-state index contributed by atoms with van der Waals surface area (Å²) in [5.74, 6) is -0.0391. The van der Waals surface area contributed by atoms with Gasteiger partial charge in [0.1, 0.15) is 5.60 Å². The Kier molecular flexibility index (Phi) is 9.03. The van der Waals surface area contributed by atoms with Gasteiger partial charge < -0.3 is 9.16 Å². The third-order valence-electron chi connectivity index (χ3n) is 5.72. The summed E-state index contributed by atoms with van der Waals surface area (Å²) >= 11 is 18.2. The van der Waals surface area contributed by atoms with Crippen molar-refractivity contribution in [2.45, 2.75) is 63.6 Å². The summed E-state index contributed by atoms with van der Waals surface area (Å²) in [5.41, 5.74) is 2.26. The zero-order chi connectivity index (χ0) is 22.3. The highest BCUT2D eigenvalue weighted by molar-refractivity contribution is 7.62. The van der Waals surface area contributed by atoms with Crippen LogP contribution in [-0.2, 0) is 20.4 Å². The summed E-state index contributed by atoms with van der Waals surface area (Å²) < 4.78 is 12.1. The van der Waals surface area contributed by atoms with Gasteiger partial charge in [0, 0.05) is 18.6 Å². The number of allylic oxidation sites excluding steroid dienone is 3. The molecule has 1 saturated heterocycles. The quantitative estimate of drug-likeness (QED) is 0.231. The Morgan fingerprint density at radius 3 is 2.65 bits per heavy atom. The molecule has 1 aromatic rings. The standard InChI is InChI=1S/C24H29Cl3O3Si/c1-2-6-19-8-10-20(11-9-19)12-13-22(28)21-14-16-24(17-15-21)23(30-31(25,26)27)7-4-3-5-18-29-24/h8-16,23H,2-7,17-18H2,1H3/b13-12+. The first-order valence-corrected chi connectivity index (χ1v) is 15.8. The van der Waals surface area contributed by atoms with Crippen molar-refractivity contribution < 1.29 is 14.0 Å². The van der Waals surface area contributed by atoms with E-state index in [9.17, 15) is 4.79 Å². The second-order valence-electron chi connectivity index (χ2n) is 8.09. The molecule has 0 radical (unpaired) electrons. The zero-order valence-corrected chi connectivity index (χ0v) is 21.1. The molecule has 3 nitrogen and oxygen atoms in total. The lowest BCUT2D eigenvalue weighted by Crippen LogP contribution is -2.49. The van der Waals surface area contributed by atoms with Crippen molar-refractivity contribution in [3.8, 4) is 0 Å². The van der Waals surface area contributed by atoms with Crippen LogP contribution in [0.15, 0.2) is 54.1 Å². The SMILES string of the molecule is CCCc1ccc(/C=C/C(=O)C2=CCC3(C=C2)OCCCCCC3O[Si](Cl)(Cl)Cl)cc1. The number of aryl methyl sites for hydroxylation is 1. The van der Waals surface area contributed by atoms with Gasteiger partial charge in [0.05, 0.1) is 6.10 Å². The number of benzene rings is 1. The molecule has 1 aliphatic heterocycles. The first-order chi connectivity index (χ1) is 14.8. The van der Waals surface area contributed by atoms with Gasteiger partial charge in [-0.1, -0.05) is 102 Å². The van der Waals surface area contributed by atoms with Gasteiger partial charge in [-0.3, -0.25) is 4.79 Å². The van der Waals surface area contributed by atoms with Crippen molar-refractivity contribution in [2.24, 2.45) is 0 Å². The first-order valence-electron chi connectivity index (χ1n) is 10.9. The van der Waals surface area contributed by atoms with Gasteiger partial charge in [-0.15, -0.1) is 0 Å². The van der Waals surface area contributed by atoms with E-state index in [1.807, 2.05) is 36.4 Å². The Labute approximate surface area is 200 Å². The Balaban J connectivity index is 1.69. The average molecular weight is 500 g/mol. The van der Waals surface area contributed by atoms with Crippen LogP contribution in [0.4, 0.5) is 0 Å². The largest absolute Gasteiger partial charge is 0.494 e. The Hall–Kier alpha value is -0.883. The van der Waals surface area contributed by atoms with Crippen LogP contribution in [0.5, 0.6) is 0 Å². The number of hydrogen-bond acceptors (Lipinski definition) is 3. The molecular weight excluding hydrogens is 471 g/mol. The second-order valence-corrected chi connectivity index (χ2v) is 15.7. The maximum Gasteiger partial charge on any atom is 0.494 e. The fourth-order valence-corrected chi connectivity index (χ4v) is 5.65. The summed E-state index contributed by atoms with van der Waals surface area (Å²) in [6.07, 6.45) is 12.0. The number of carbonyl (C=O) groups excluding carboxylic acids is 1. The van der Waals surface area contributed by atoms with Gasteiger partial charge in [0.25, 0.3) is 0 Å². The fourth-order valence-electron chi connectivity index (χ4n) is 4.05. The summed E-state index contributed by atoms with van der Waals surface area (Å²) in [5, 5.41) is 0. The van der Waals surface area contributed by atoms with Crippen molar-refractivity contribution in [2.75, 3.05) is 6.61 Å². The summed E-state index contributed by atoms with van der Waals surface area (Å²) in [6.45, 7) is 2.79. The minimum absolute atomic E-state index is 0.0391. The number of ketones is 1. The number of halogens is 3. The lowest BCUT2D eigenvalue weighted by molar-refractivity contribution is -0.111. The van der Waals surface area contributed by atoms with Crippen molar-refractivity contribution in [1.82, 2.24) is 0 Å². The number of carbonyl (C=O) groups is 1. The molecule has 1 spiro atoms. The Bertz CT molecular complexity index is 843. The molecule has 1 fully saturated rings. The highest BCUT2D eigenvalue weighted by Gasteiger charge is 2.44. The van der Waals surface area contributed by atoms with Gasteiger partial charge in [0.15, 0.2) is 5.78 Å². The van der Waals surface area contributed by atoms with Crippen LogP contribution in [0.2, 0.25) is 0 Å². The molecule has 0 N–H and O–H groups in total. The third kappa shape index (κ3) is 7.31. The third-order valence-corrected chi connectivity index (χ3v) is 7.07. The summed E-state index contributed by atoms with van der Waals surface area (Å²) in [4.78, 5) is 12.7. The molecule has 1 aliphatic carbocycles. The van der Waals surface area contributed by atoms with Crippen LogP contribution in [0.3, 0.4) is 0 Å². The number of rotatable bonds is 7. The predicted molar refractivity (Wildman–Crippen MR) is 132 cm³/mol. The van der Waals surface area contributed by atoms with Crippen molar-refractivity contribution in [1.29, 1.82) is 0 Å². The van der Waals surface area contributed by atoms with Crippen LogP contribution in [0, 0.1) is 0 Å². The van der Waals surface area contributed by atoms with E-state index in [1.165, 1.54) is 5.56 Å². The van der Waals surface area contributed by atoms with E-state index < -0.39 is 11.8 Å². The van der Waals surface area contributed by atoms with Crippen molar-refractivity contribution in [3.05, 3.63) is 65.3 Å². The lowest BCUT2D eigenvalue weighted by atomic mass is 9.83. The second kappa shape index (κ2) is 11.3.